The zero-order valence-electron chi connectivity index (χ0n) is 13.9. The van der Waals surface area contributed by atoms with Gasteiger partial charge in [0.25, 0.3) is 0 Å². The van der Waals surface area contributed by atoms with E-state index in [-0.39, 0.29) is 5.78 Å². The van der Waals surface area contributed by atoms with Gasteiger partial charge in [-0.15, -0.1) is 0 Å². The molecule has 1 aliphatic carbocycles. The van der Waals surface area contributed by atoms with Crippen LogP contribution < -0.4 is 5.32 Å². The van der Waals surface area contributed by atoms with Crippen LogP contribution in [0.4, 0.5) is 4.79 Å². The van der Waals surface area contributed by atoms with Crippen molar-refractivity contribution in [2.24, 2.45) is 0 Å². The Kier molecular flexibility index (Phi) is 4.59. The number of amides is 1. The quantitative estimate of drug-likeness (QED) is 0.902. The third kappa shape index (κ3) is 3.49. The molecule has 4 nitrogen and oxygen atoms in total. The van der Waals surface area contributed by atoms with E-state index >= 15 is 0 Å². The first-order valence-electron chi connectivity index (χ1n) is 7.85. The molecule has 0 aliphatic heterocycles. The average Bonchev–Trinajstić information content (AvgIpc) is 2.40. The Morgan fingerprint density at radius 3 is 2.50 bits per heavy atom. The summed E-state index contributed by atoms with van der Waals surface area (Å²) in [6, 6.07) is 7.74. The first-order valence-corrected chi connectivity index (χ1v) is 7.85. The van der Waals surface area contributed by atoms with Gasteiger partial charge in [0.1, 0.15) is 11.1 Å². The maximum atomic E-state index is 12.7. The molecule has 1 atom stereocenters. The number of ketones is 1. The number of nitrogens with one attached hydrogen (secondary N) is 1. The van der Waals surface area contributed by atoms with Crippen LogP contribution in [-0.4, -0.2) is 17.5 Å². The van der Waals surface area contributed by atoms with Crippen LogP contribution in [0.5, 0.6) is 0 Å². The molecule has 0 spiro atoms. The maximum absolute atomic E-state index is 12.7. The minimum atomic E-state index is -0.952. The van der Waals surface area contributed by atoms with E-state index in [0.717, 1.165) is 24.0 Å². The number of Topliss-reactive ketones (excluding diaryl/α,β-unsaturated/α-hetero) is 1. The fourth-order valence-electron chi connectivity index (χ4n) is 3.04. The van der Waals surface area contributed by atoms with Gasteiger partial charge < -0.3 is 10.1 Å². The van der Waals surface area contributed by atoms with Crippen LogP contribution in [0.25, 0.3) is 0 Å². The van der Waals surface area contributed by atoms with Crippen LogP contribution in [0.2, 0.25) is 0 Å². The lowest BCUT2D eigenvalue weighted by molar-refractivity contribution is -0.128. The highest BCUT2D eigenvalue weighted by Crippen LogP contribution is 2.36. The Labute approximate surface area is 132 Å². The van der Waals surface area contributed by atoms with Crippen molar-refractivity contribution in [2.45, 2.75) is 64.5 Å². The van der Waals surface area contributed by atoms with E-state index in [2.05, 4.69) is 5.32 Å². The van der Waals surface area contributed by atoms with E-state index in [0.29, 0.717) is 12.8 Å². The van der Waals surface area contributed by atoms with Gasteiger partial charge in [0, 0.05) is 6.42 Å². The summed E-state index contributed by atoms with van der Waals surface area (Å²) in [4.78, 5) is 25.0. The van der Waals surface area contributed by atoms with Crippen LogP contribution in [0.15, 0.2) is 24.3 Å². The summed E-state index contributed by atoms with van der Waals surface area (Å²) in [5.74, 6) is 0.0684. The van der Waals surface area contributed by atoms with Gasteiger partial charge in [-0.25, -0.2) is 4.79 Å². The van der Waals surface area contributed by atoms with E-state index in [1.54, 1.807) is 0 Å². The molecular weight excluding hydrogens is 278 g/mol. The predicted molar refractivity (Wildman–Crippen MR) is 85.7 cm³/mol. The Morgan fingerprint density at radius 2 is 1.91 bits per heavy atom. The number of hydrogen-bond donors (Lipinski definition) is 1. The smallest absolute Gasteiger partial charge is 0.408 e. The zero-order valence-corrected chi connectivity index (χ0v) is 13.9. The summed E-state index contributed by atoms with van der Waals surface area (Å²) in [6.07, 6.45) is 2.37. The van der Waals surface area contributed by atoms with Crippen molar-refractivity contribution in [1.82, 2.24) is 5.32 Å². The molecule has 1 N–H and O–H groups in total. The molecular formula is C18H25NO3. The molecule has 120 valence electrons. The number of benzene rings is 1. The summed E-state index contributed by atoms with van der Waals surface area (Å²) in [6.45, 7) is 7.41. The van der Waals surface area contributed by atoms with Crippen molar-refractivity contribution >= 4 is 11.9 Å². The van der Waals surface area contributed by atoms with Crippen LogP contribution in [0.1, 0.15) is 57.6 Å². The number of rotatable bonds is 2. The van der Waals surface area contributed by atoms with E-state index in [1.807, 2.05) is 52.0 Å². The zero-order chi connectivity index (χ0) is 16.4. The van der Waals surface area contributed by atoms with E-state index in [4.69, 9.17) is 4.74 Å². The minimum Gasteiger partial charge on any atom is -0.444 e. The fraction of sp³-hybridized carbons (Fsp3) is 0.556. The van der Waals surface area contributed by atoms with Crippen molar-refractivity contribution in [2.75, 3.05) is 0 Å². The lowest BCUT2D eigenvalue weighted by atomic mass is 9.74. The highest BCUT2D eigenvalue weighted by molar-refractivity contribution is 5.93. The lowest BCUT2D eigenvalue weighted by Gasteiger charge is -2.38. The fourth-order valence-corrected chi connectivity index (χ4v) is 3.04. The van der Waals surface area contributed by atoms with Gasteiger partial charge in [-0.1, -0.05) is 24.3 Å². The van der Waals surface area contributed by atoms with Crippen molar-refractivity contribution in [3.63, 3.8) is 0 Å². The summed E-state index contributed by atoms with van der Waals surface area (Å²) in [5, 5.41) is 2.89. The summed E-state index contributed by atoms with van der Waals surface area (Å²) in [5.41, 5.74) is 0.347. The average molecular weight is 303 g/mol. The molecule has 0 aromatic heterocycles. The van der Waals surface area contributed by atoms with Gasteiger partial charge in [0.15, 0.2) is 5.78 Å². The Bertz CT molecular complexity index is 574. The summed E-state index contributed by atoms with van der Waals surface area (Å²) in [7, 11) is 0. The number of carbonyl (C=O) groups excluding carboxylic acids is 2. The molecule has 1 aromatic rings. The van der Waals surface area contributed by atoms with E-state index < -0.39 is 17.2 Å². The van der Waals surface area contributed by atoms with Crippen molar-refractivity contribution in [1.29, 1.82) is 0 Å². The number of hydrogen-bond acceptors (Lipinski definition) is 3. The Morgan fingerprint density at radius 1 is 1.23 bits per heavy atom. The second kappa shape index (κ2) is 6.11. The Balaban J connectivity index is 2.37. The summed E-state index contributed by atoms with van der Waals surface area (Å²) < 4.78 is 5.37. The molecule has 4 heteroatoms. The second-order valence-electron chi connectivity index (χ2n) is 6.98. The highest BCUT2D eigenvalue weighted by Gasteiger charge is 2.44. The number of aryl methyl sites for hydroxylation is 1. The minimum absolute atomic E-state index is 0.0684. The van der Waals surface area contributed by atoms with Gasteiger partial charge in [-0.2, -0.15) is 0 Å². The molecule has 2 rings (SSSR count). The first kappa shape index (κ1) is 16.5. The van der Waals surface area contributed by atoms with Crippen molar-refractivity contribution in [3.8, 4) is 0 Å². The van der Waals surface area contributed by atoms with Crippen LogP contribution >= 0.6 is 0 Å². The van der Waals surface area contributed by atoms with E-state index in [1.165, 1.54) is 0 Å². The highest BCUT2D eigenvalue weighted by atomic mass is 16.6. The molecule has 1 saturated carbocycles. The van der Waals surface area contributed by atoms with Gasteiger partial charge in [0.2, 0.25) is 0 Å². The third-order valence-corrected chi connectivity index (χ3v) is 4.00. The molecule has 1 fully saturated rings. The molecule has 1 aromatic carbocycles. The monoisotopic (exact) mass is 303 g/mol. The molecule has 0 saturated heterocycles. The second-order valence-corrected chi connectivity index (χ2v) is 6.98. The standard InChI is InChI=1S/C18H25NO3/c1-13-9-5-6-10-14(13)18(12-8-7-11-15(18)20)19-16(21)22-17(2,3)4/h5-6,9-10H,7-8,11-12H2,1-4H3,(H,19,21). The van der Waals surface area contributed by atoms with Crippen LogP contribution in [0.3, 0.4) is 0 Å². The Hall–Kier alpha value is -1.84. The molecule has 0 radical (unpaired) electrons. The van der Waals surface area contributed by atoms with Gasteiger partial charge in [0.05, 0.1) is 0 Å². The molecule has 0 heterocycles. The molecule has 1 aliphatic rings. The lowest BCUT2D eigenvalue weighted by Crippen LogP contribution is -2.54. The topological polar surface area (TPSA) is 55.4 Å². The van der Waals surface area contributed by atoms with Crippen LogP contribution in [0, 0.1) is 6.92 Å². The first-order chi connectivity index (χ1) is 10.2. The van der Waals surface area contributed by atoms with Gasteiger partial charge in [-0.05, 0) is 58.1 Å². The van der Waals surface area contributed by atoms with E-state index in [9.17, 15) is 9.59 Å². The van der Waals surface area contributed by atoms with Crippen LogP contribution in [-0.2, 0) is 15.1 Å². The van der Waals surface area contributed by atoms with Crippen molar-refractivity contribution < 1.29 is 14.3 Å². The summed E-state index contributed by atoms with van der Waals surface area (Å²) >= 11 is 0. The maximum Gasteiger partial charge on any atom is 0.408 e. The molecule has 1 unspecified atom stereocenters. The number of alkyl carbamates (subject to hydrolysis) is 1. The predicted octanol–water partition coefficient (Wildman–Crippen LogP) is 3.86. The number of ether oxygens (including phenoxy) is 1. The van der Waals surface area contributed by atoms with Crippen molar-refractivity contribution in [3.05, 3.63) is 35.4 Å². The normalized spacial score (nSPS) is 22.3. The van der Waals surface area contributed by atoms with Gasteiger partial charge >= 0.3 is 6.09 Å². The molecule has 1 amide bonds. The molecule has 22 heavy (non-hydrogen) atoms. The number of carbonyl (C=O) groups is 2. The SMILES string of the molecule is Cc1ccccc1C1(NC(=O)OC(C)(C)C)CCCCC1=O. The largest absolute Gasteiger partial charge is 0.444 e. The van der Waals surface area contributed by atoms with Gasteiger partial charge in [-0.3, -0.25) is 4.79 Å². The molecule has 0 bridgehead atoms. The third-order valence-electron chi connectivity index (χ3n) is 4.00.